The van der Waals surface area contributed by atoms with Gasteiger partial charge < -0.3 is 20.3 Å². The van der Waals surface area contributed by atoms with Crippen molar-refractivity contribution in [3.63, 3.8) is 0 Å². The van der Waals surface area contributed by atoms with Gasteiger partial charge in [-0.2, -0.15) is 0 Å². The van der Waals surface area contributed by atoms with Gasteiger partial charge in [-0.15, -0.1) is 0 Å². The van der Waals surface area contributed by atoms with Gasteiger partial charge in [-0.1, -0.05) is 17.7 Å². The van der Waals surface area contributed by atoms with Crippen molar-refractivity contribution in [1.82, 2.24) is 10.6 Å². The molecule has 0 saturated carbocycles. The lowest BCUT2D eigenvalue weighted by atomic mass is 10.1. The molecule has 0 aliphatic carbocycles. The molecule has 4 rings (SSSR count). The summed E-state index contributed by atoms with van der Waals surface area (Å²) >= 11 is 0. The van der Waals surface area contributed by atoms with Crippen molar-refractivity contribution < 1.29 is 17.9 Å². The highest BCUT2D eigenvalue weighted by Gasteiger charge is 2.24. The van der Waals surface area contributed by atoms with Crippen molar-refractivity contribution in [2.75, 3.05) is 49.0 Å². The molecule has 34 heavy (non-hydrogen) atoms. The van der Waals surface area contributed by atoms with Gasteiger partial charge in [-0.3, -0.25) is 9.52 Å². The van der Waals surface area contributed by atoms with Crippen molar-refractivity contribution in [2.45, 2.75) is 44.6 Å². The number of anilines is 2. The highest BCUT2D eigenvalue weighted by molar-refractivity contribution is 7.92. The molecule has 1 unspecified atom stereocenters. The van der Waals surface area contributed by atoms with E-state index in [0.717, 1.165) is 56.9 Å². The largest absolute Gasteiger partial charge is 0.376 e. The molecule has 0 bridgehead atoms. The van der Waals surface area contributed by atoms with Crippen LogP contribution in [-0.2, 0) is 14.8 Å². The number of hydrogen-bond acceptors (Lipinski definition) is 6. The number of sulfonamides is 1. The maximum atomic E-state index is 13.3. The number of benzene rings is 2. The molecule has 9 heteroatoms. The first-order valence-corrected chi connectivity index (χ1v) is 13.3. The standard InChI is InChI=1S/C25H34N4O4S/c1-17-13-18(2)24(19(3)14-17)34(31,32)28-20-6-7-23(29-10-8-26-9-11-29)22(15-20)25(30)27-16-21-5-4-12-33-21/h6-7,13-15,21,26,28H,4-5,8-12,16H2,1-3H3,(H,27,30). The molecule has 2 aromatic rings. The fraction of sp³-hybridized carbons (Fsp3) is 0.480. The van der Waals surface area contributed by atoms with Crippen LogP contribution in [0.4, 0.5) is 11.4 Å². The molecule has 3 N–H and O–H groups in total. The molecule has 2 aliphatic rings. The smallest absolute Gasteiger partial charge is 0.262 e. The number of amides is 1. The summed E-state index contributed by atoms with van der Waals surface area (Å²) in [7, 11) is -3.82. The highest BCUT2D eigenvalue weighted by atomic mass is 32.2. The van der Waals surface area contributed by atoms with Crippen molar-refractivity contribution in [2.24, 2.45) is 0 Å². The Kier molecular flexibility index (Phi) is 7.45. The number of hydrogen-bond donors (Lipinski definition) is 3. The first-order valence-electron chi connectivity index (χ1n) is 11.8. The maximum absolute atomic E-state index is 13.3. The van der Waals surface area contributed by atoms with E-state index >= 15 is 0 Å². The molecule has 8 nitrogen and oxygen atoms in total. The zero-order valence-corrected chi connectivity index (χ0v) is 20.9. The van der Waals surface area contributed by atoms with Crippen molar-refractivity contribution in [3.05, 3.63) is 52.6 Å². The van der Waals surface area contributed by atoms with E-state index in [2.05, 4.69) is 20.3 Å². The van der Waals surface area contributed by atoms with Gasteiger partial charge in [0, 0.05) is 50.7 Å². The minimum atomic E-state index is -3.82. The summed E-state index contributed by atoms with van der Waals surface area (Å²) in [6, 6.07) is 8.92. The Morgan fingerprint density at radius 2 is 1.82 bits per heavy atom. The van der Waals surface area contributed by atoms with E-state index in [1.807, 2.05) is 25.1 Å². The van der Waals surface area contributed by atoms with Gasteiger partial charge in [0.05, 0.1) is 16.6 Å². The molecule has 2 fully saturated rings. The summed E-state index contributed by atoms with van der Waals surface area (Å²) in [4.78, 5) is 15.6. The average molecular weight is 487 g/mol. The summed E-state index contributed by atoms with van der Waals surface area (Å²) in [5.41, 5.74) is 4.02. The molecule has 2 aromatic carbocycles. The van der Waals surface area contributed by atoms with E-state index in [4.69, 9.17) is 4.74 Å². The van der Waals surface area contributed by atoms with Crippen LogP contribution in [0.1, 0.15) is 39.9 Å². The Morgan fingerprint density at radius 3 is 2.47 bits per heavy atom. The van der Waals surface area contributed by atoms with Gasteiger partial charge >= 0.3 is 0 Å². The second-order valence-electron chi connectivity index (χ2n) is 9.15. The van der Waals surface area contributed by atoms with E-state index < -0.39 is 10.0 Å². The van der Waals surface area contributed by atoms with Crippen molar-refractivity contribution in [3.8, 4) is 0 Å². The second kappa shape index (κ2) is 10.3. The Hall–Kier alpha value is -2.62. The molecule has 0 aromatic heterocycles. The van der Waals surface area contributed by atoms with Gasteiger partial charge in [0.1, 0.15) is 0 Å². The molecule has 2 saturated heterocycles. The minimum Gasteiger partial charge on any atom is -0.376 e. The summed E-state index contributed by atoms with van der Waals surface area (Å²) in [6.45, 7) is 9.92. The quantitative estimate of drug-likeness (QED) is 0.557. The number of ether oxygens (including phenoxy) is 1. The summed E-state index contributed by atoms with van der Waals surface area (Å²) < 4.78 is 34.9. The van der Waals surface area contributed by atoms with E-state index in [0.29, 0.717) is 28.9 Å². The normalized spacial score (nSPS) is 18.7. The predicted octanol–water partition coefficient (Wildman–Crippen LogP) is 2.73. The lowest BCUT2D eigenvalue weighted by Gasteiger charge is -2.31. The van der Waals surface area contributed by atoms with Crippen LogP contribution in [0.2, 0.25) is 0 Å². The Balaban J connectivity index is 1.63. The monoisotopic (exact) mass is 486 g/mol. The second-order valence-corrected chi connectivity index (χ2v) is 10.8. The number of carbonyl (C=O) groups excluding carboxylic acids is 1. The number of rotatable bonds is 7. The van der Waals surface area contributed by atoms with Crippen LogP contribution in [0.5, 0.6) is 0 Å². The van der Waals surface area contributed by atoms with Crippen LogP contribution < -0.4 is 20.3 Å². The third-order valence-corrected chi connectivity index (χ3v) is 8.02. The zero-order valence-electron chi connectivity index (χ0n) is 20.1. The molecule has 184 valence electrons. The first kappa shape index (κ1) is 24.5. The summed E-state index contributed by atoms with van der Waals surface area (Å²) in [6.07, 6.45) is 1.96. The molecule has 0 spiro atoms. The summed E-state index contributed by atoms with van der Waals surface area (Å²) in [5, 5.41) is 6.30. The van der Waals surface area contributed by atoms with Crippen LogP contribution in [0.25, 0.3) is 0 Å². The summed E-state index contributed by atoms with van der Waals surface area (Å²) in [5.74, 6) is -0.229. The highest BCUT2D eigenvalue weighted by Crippen LogP contribution is 2.29. The molecule has 2 aliphatic heterocycles. The van der Waals surface area contributed by atoms with Gasteiger partial charge in [0.25, 0.3) is 15.9 Å². The van der Waals surface area contributed by atoms with Gasteiger partial charge in [-0.05, 0) is 62.9 Å². The fourth-order valence-electron chi connectivity index (χ4n) is 4.87. The molecule has 1 atom stereocenters. The lowest BCUT2D eigenvalue weighted by molar-refractivity contribution is 0.0858. The van der Waals surface area contributed by atoms with E-state index in [1.165, 1.54) is 0 Å². The Morgan fingerprint density at radius 1 is 1.12 bits per heavy atom. The molecule has 0 radical (unpaired) electrons. The number of carbonyl (C=O) groups is 1. The first-order chi connectivity index (χ1) is 16.2. The zero-order chi connectivity index (χ0) is 24.3. The molecule has 1 amide bonds. The number of nitrogens with zero attached hydrogens (tertiary/aromatic N) is 1. The topological polar surface area (TPSA) is 99.8 Å². The van der Waals surface area contributed by atoms with Gasteiger partial charge in [0.15, 0.2) is 0 Å². The van der Waals surface area contributed by atoms with E-state index in [-0.39, 0.29) is 16.9 Å². The van der Waals surface area contributed by atoms with Crippen LogP contribution in [0.3, 0.4) is 0 Å². The molecular formula is C25H34N4O4S. The third kappa shape index (κ3) is 5.54. The molecular weight excluding hydrogens is 452 g/mol. The predicted molar refractivity (Wildman–Crippen MR) is 134 cm³/mol. The lowest BCUT2D eigenvalue weighted by Crippen LogP contribution is -2.44. The number of nitrogens with one attached hydrogen (secondary N) is 3. The average Bonchev–Trinajstić information content (AvgIpc) is 3.30. The van der Waals surface area contributed by atoms with Crippen LogP contribution in [-0.4, -0.2) is 59.8 Å². The fourth-order valence-corrected chi connectivity index (χ4v) is 6.37. The third-order valence-electron chi connectivity index (χ3n) is 6.34. The van der Waals surface area contributed by atoms with Crippen LogP contribution >= 0.6 is 0 Å². The van der Waals surface area contributed by atoms with Crippen molar-refractivity contribution >= 4 is 27.3 Å². The van der Waals surface area contributed by atoms with Gasteiger partial charge in [0.2, 0.25) is 0 Å². The minimum absolute atomic E-state index is 0.0285. The van der Waals surface area contributed by atoms with Crippen LogP contribution in [0.15, 0.2) is 35.2 Å². The van der Waals surface area contributed by atoms with Crippen molar-refractivity contribution in [1.29, 1.82) is 0 Å². The number of piperazine rings is 1. The maximum Gasteiger partial charge on any atom is 0.262 e. The SMILES string of the molecule is Cc1cc(C)c(S(=O)(=O)Nc2ccc(N3CCNCC3)c(C(=O)NCC3CCCO3)c2)c(C)c1. The van der Waals surface area contributed by atoms with E-state index in [9.17, 15) is 13.2 Å². The Bertz CT molecular complexity index is 1130. The van der Waals surface area contributed by atoms with Gasteiger partial charge in [-0.25, -0.2) is 8.42 Å². The van der Waals surface area contributed by atoms with E-state index in [1.54, 1.807) is 26.0 Å². The Labute approximate surface area is 202 Å². The van der Waals surface area contributed by atoms with Crippen LogP contribution in [0, 0.1) is 20.8 Å². The number of aryl methyl sites for hydroxylation is 3. The molecule has 2 heterocycles.